The van der Waals surface area contributed by atoms with Crippen molar-refractivity contribution in [3.63, 3.8) is 0 Å². The van der Waals surface area contributed by atoms with Gasteiger partial charge in [-0.05, 0) is 79.7 Å². The van der Waals surface area contributed by atoms with Crippen LogP contribution in [0.5, 0.6) is 11.5 Å². The summed E-state index contributed by atoms with van der Waals surface area (Å²) in [5.74, 6) is 1.59. The lowest BCUT2D eigenvalue weighted by Crippen LogP contribution is -2.14. The van der Waals surface area contributed by atoms with Gasteiger partial charge in [-0.25, -0.2) is 9.67 Å². The number of ether oxygens (including phenoxy) is 2. The first-order chi connectivity index (χ1) is 15.6. The van der Waals surface area contributed by atoms with Gasteiger partial charge < -0.3 is 14.8 Å². The highest BCUT2D eigenvalue weighted by atomic mass is 35.5. The standard InChI is InChI=1S/C24H21ClN4O3/c1-3-32-21-12-8-18(9-13-21)26-24(30)22-27-23(16-4-6-17(25)7-5-16)29(28-22)19-10-14-20(31-2)15-11-19/h4-15H,3H2,1-2H3,(H,26,30). The molecule has 0 spiro atoms. The van der Waals surface area contributed by atoms with Crippen LogP contribution in [-0.2, 0) is 0 Å². The van der Waals surface area contributed by atoms with Gasteiger partial charge in [-0.15, -0.1) is 5.10 Å². The number of anilines is 1. The first kappa shape index (κ1) is 21.4. The number of nitrogens with one attached hydrogen (secondary N) is 1. The Kier molecular flexibility index (Phi) is 6.37. The Morgan fingerprint density at radius 1 is 0.969 bits per heavy atom. The predicted octanol–water partition coefficient (Wildman–Crippen LogP) is 5.25. The predicted molar refractivity (Wildman–Crippen MR) is 124 cm³/mol. The van der Waals surface area contributed by atoms with Crippen molar-refractivity contribution in [2.45, 2.75) is 6.92 Å². The largest absolute Gasteiger partial charge is 0.497 e. The summed E-state index contributed by atoms with van der Waals surface area (Å²) in [6, 6.07) is 21.7. The zero-order valence-electron chi connectivity index (χ0n) is 17.6. The molecule has 0 aliphatic rings. The van der Waals surface area contributed by atoms with Gasteiger partial charge in [0.25, 0.3) is 5.91 Å². The number of carbonyl (C=O) groups excluding carboxylic acids is 1. The van der Waals surface area contributed by atoms with E-state index in [1.54, 1.807) is 48.2 Å². The third-order valence-electron chi connectivity index (χ3n) is 4.65. The summed E-state index contributed by atoms with van der Waals surface area (Å²) < 4.78 is 12.3. The van der Waals surface area contributed by atoms with E-state index in [1.165, 1.54) is 0 Å². The van der Waals surface area contributed by atoms with Crippen LogP contribution in [0.1, 0.15) is 17.5 Å². The topological polar surface area (TPSA) is 78.3 Å². The summed E-state index contributed by atoms with van der Waals surface area (Å²) in [7, 11) is 1.60. The number of halogens is 1. The summed E-state index contributed by atoms with van der Waals surface area (Å²) in [5, 5.41) is 7.91. The monoisotopic (exact) mass is 448 g/mol. The molecule has 0 radical (unpaired) electrons. The first-order valence-electron chi connectivity index (χ1n) is 9.99. The number of rotatable bonds is 7. The molecule has 3 aromatic carbocycles. The molecule has 4 aromatic rings. The summed E-state index contributed by atoms with van der Waals surface area (Å²) >= 11 is 6.04. The van der Waals surface area contributed by atoms with Crippen LogP contribution in [0, 0.1) is 0 Å². The van der Waals surface area contributed by atoms with Gasteiger partial charge in [-0.2, -0.15) is 0 Å². The second kappa shape index (κ2) is 9.53. The number of aromatic nitrogens is 3. The molecule has 0 saturated carbocycles. The number of methoxy groups -OCH3 is 1. The molecule has 0 aliphatic heterocycles. The lowest BCUT2D eigenvalue weighted by molar-refractivity contribution is 0.101. The lowest BCUT2D eigenvalue weighted by Gasteiger charge is -2.07. The van der Waals surface area contributed by atoms with Gasteiger partial charge in [-0.3, -0.25) is 4.79 Å². The molecular weight excluding hydrogens is 428 g/mol. The number of benzene rings is 3. The smallest absolute Gasteiger partial charge is 0.295 e. The van der Waals surface area contributed by atoms with Gasteiger partial charge in [0.2, 0.25) is 5.82 Å². The zero-order valence-corrected chi connectivity index (χ0v) is 18.3. The van der Waals surface area contributed by atoms with Gasteiger partial charge in [0.05, 0.1) is 19.4 Å². The van der Waals surface area contributed by atoms with Crippen molar-refractivity contribution in [2.24, 2.45) is 0 Å². The fourth-order valence-electron chi connectivity index (χ4n) is 3.09. The molecule has 1 amide bonds. The molecule has 32 heavy (non-hydrogen) atoms. The third-order valence-corrected chi connectivity index (χ3v) is 4.90. The van der Waals surface area contributed by atoms with Crippen LogP contribution in [0.3, 0.4) is 0 Å². The van der Waals surface area contributed by atoms with Crippen LogP contribution in [0.4, 0.5) is 5.69 Å². The Morgan fingerprint density at radius 3 is 2.25 bits per heavy atom. The molecule has 0 bridgehead atoms. The molecule has 0 aliphatic carbocycles. The Labute approximate surface area is 190 Å². The number of hydrogen-bond donors (Lipinski definition) is 1. The molecule has 1 N–H and O–H groups in total. The molecule has 1 aromatic heterocycles. The Bertz CT molecular complexity index is 1200. The average molecular weight is 449 g/mol. The number of amides is 1. The summed E-state index contributed by atoms with van der Waals surface area (Å²) in [6.45, 7) is 2.49. The summed E-state index contributed by atoms with van der Waals surface area (Å²) in [6.07, 6.45) is 0. The van der Waals surface area contributed by atoms with E-state index in [-0.39, 0.29) is 5.82 Å². The van der Waals surface area contributed by atoms with E-state index in [9.17, 15) is 4.79 Å². The minimum atomic E-state index is -0.420. The second-order valence-corrected chi connectivity index (χ2v) is 7.22. The molecule has 0 unspecified atom stereocenters. The molecule has 0 atom stereocenters. The maximum Gasteiger partial charge on any atom is 0.295 e. The highest BCUT2D eigenvalue weighted by molar-refractivity contribution is 6.30. The van der Waals surface area contributed by atoms with Crippen LogP contribution in [0.15, 0.2) is 72.8 Å². The highest BCUT2D eigenvalue weighted by Crippen LogP contribution is 2.25. The molecule has 7 nitrogen and oxygen atoms in total. The van der Waals surface area contributed by atoms with Crippen molar-refractivity contribution in [1.29, 1.82) is 0 Å². The second-order valence-electron chi connectivity index (χ2n) is 6.79. The molecule has 0 fully saturated rings. The number of nitrogens with zero attached hydrogens (tertiary/aromatic N) is 3. The van der Waals surface area contributed by atoms with Crippen molar-refractivity contribution < 1.29 is 14.3 Å². The van der Waals surface area contributed by atoms with E-state index in [0.29, 0.717) is 23.1 Å². The highest BCUT2D eigenvalue weighted by Gasteiger charge is 2.19. The van der Waals surface area contributed by atoms with E-state index >= 15 is 0 Å². The fourth-order valence-corrected chi connectivity index (χ4v) is 3.21. The number of carbonyl (C=O) groups is 1. The minimum absolute atomic E-state index is 0.0413. The van der Waals surface area contributed by atoms with Crippen molar-refractivity contribution in [1.82, 2.24) is 14.8 Å². The lowest BCUT2D eigenvalue weighted by atomic mass is 10.2. The summed E-state index contributed by atoms with van der Waals surface area (Å²) in [4.78, 5) is 17.4. The maximum atomic E-state index is 12.9. The minimum Gasteiger partial charge on any atom is -0.497 e. The molecule has 162 valence electrons. The van der Waals surface area contributed by atoms with Crippen molar-refractivity contribution >= 4 is 23.2 Å². The van der Waals surface area contributed by atoms with E-state index < -0.39 is 5.91 Å². The van der Waals surface area contributed by atoms with Crippen LogP contribution in [0.25, 0.3) is 17.1 Å². The average Bonchev–Trinajstić information content (AvgIpc) is 3.27. The molecule has 8 heteroatoms. The van der Waals surface area contributed by atoms with Gasteiger partial charge in [-0.1, -0.05) is 11.6 Å². The van der Waals surface area contributed by atoms with Gasteiger partial charge in [0, 0.05) is 16.3 Å². The Hall–Kier alpha value is -3.84. The van der Waals surface area contributed by atoms with Crippen LogP contribution in [-0.4, -0.2) is 34.4 Å². The normalized spacial score (nSPS) is 10.6. The van der Waals surface area contributed by atoms with Gasteiger partial charge in [0.1, 0.15) is 11.5 Å². The van der Waals surface area contributed by atoms with Crippen LogP contribution < -0.4 is 14.8 Å². The molecule has 1 heterocycles. The quantitative estimate of drug-likeness (QED) is 0.418. The third kappa shape index (κ3) is 4.73. The molecule has 4 rings (SSSR count). The Balaban J connectivity index is 1.67. The van der Waals surface area contributed by atoms with Crippen molar-refractivity contribution in [3.05, 3.63) is 83.6 Å². The fraction of sp³-hybridized carbons (Fsp3) is 0.125. The van der Waals surface area contributed by atoms with Gasteiger partial charge in [0.15, 0.2) is 5.82 Å². The SMILES string of the molecule is CCOc1ccc(NC(=O)c2nc(-c3ccc(Cl)cc3)n(-c3ccc(OC)cc3)n2)cc1. The van der Waals surface area contributed by atoms with Crippen LogP contribution >= 0.6 is 11.6 Å². The number of hydrogen-bond acceptors (Lipinski definition) is 5. The van der Waals surface area contributed by atoms with Crippen LogP contribution in [0.2, 0.25) is 5.02 Å². The maximum absolute atomic E-state index is 12.9. The summed E-state index contributed by atoms with van der Waals surface area (Å²) in [5.41, 5.74) is 2.13. The molecule has 0 saturated heterocycles. The Morgan fingerprint density at radius 2 is 1.62 bits per heavy atom. The van der Waals surface area contributed by atoms with Crippen molar-refractivity contribution in [2.75, 3.05) is 19.0 Å². The van der Waals surface area contributed by atoms with Gasteiger partial charge >= 0.3 is 0 Å². The van der Waals surface area contributed by atoms with E-state index in [4.69, 9.17) is 21.1 Å². The zero-order chi connectivity index (χ0) is 22.5. The van der Waals surface area contributed by atoms with Crippen molar-refractivity contribution in [3.8, 4) is 28.6 Å². The first-order valence-corrected chi connectivity index (χ1v) is 10.4. The molecular formula is C24H21ClN4O3. The van der Waals surface area contributed by atoms with E-state index in [2.05, 4.69) is 15.4 Å². The van der Waals surface area contributed by atoms with E-state index in [0.717, 1.165) is 22.7 Å². The van der Waals surface area contributed by atoms with E-state index in [1.807, 2.05) is 43.3 Å².